The van der Waals surface area contributed by atoms with Crippen molar-refractivity contribution in [3.8, 4) is 5.75 Å². The molecule has 0 aliphatic carbocycles. The van der Waals surface area contributed by atoms with Crippen molar-refractivity contribution in [1.29, 1.82) is 0 Å². The topological polar surface area (TPSA) is 100 Å². The van der Waals surface area contributed by atoms with Gasteiger partial charge in [-0.05, 0) is 61.1 Å². The number of ether oxygens (including phenoxy) is 1. The molecule has 0 aromatic heterocycles. The summed E-state index contributed by atoms with van der Waals surface area (Å²) in [6.45, 7) is 1.70. The molecule has 0 bridgehead atoms. The predicted molar refractivity (Wildman–Crippen MR) is 121 cm³/mol. The van der Waals surface area contributed by atoms with E-state index in [9.17, 15) is 14.4 Å². The van der Waals surface area contributed by atoms with Crippen LogP contribution in [0.4, 0.5) is 0 Å². The zero-order valence-corrected chi connectivity index (χ0v) is 18.0. The molecule has 2 aromatic carbocycles. The summed E-state index contributed by atoms with van der Waals surface area (Å²) >= 11 is 0. The number of carbonyl (C=O) groups excluding carboxylic acids is 3. The van der Waals surface area contributed by atoms with E-state index in [2.05, 4.69) is 15.8 Å². The molecule has 0 spiro atoms. The monoisotopic (exact) mass is 436 g/mol. The van der Waals surface area contributed by atoms with Crippen molar-refractivity contribution in [3.63, 3.8) is 0 Å². The number of rotatable bonds is 8. The Bertz CT molecular complexity index is 923. The van der Waals surface area contributed by atoms with Gasteiger partial charge in [-0.3, -0.25) is 14.4 Å². The third-order valence-electron chi connectivity index (χ3n) is 5.05. The van der Waals surface area contributed by atoms with Crippen molar-refractivity contribution in [2.75, 3.05) is 26.2 Å². The molecule has 0 radical (unpaired) electrons. The van der Waals surface area contributed by atoms with Crippen LogP contribution < -0.4 is 15.5 Å². The lowest BCUT2D eigenvalue weighted by Crippen LogP contribution is -2.43. The van der Waals surface area contributed by atoms with Crippen LogP contribution in [0.15, 0.2) is 59.7 Å². The average molecular weight is 437 g/mol. The Labute approximate surface area is 187 Å². The maximum absolute atomic E-state index is 12.0. The van der Waals surface area contributed by atoms with Crippen molar-refractivity contribution in [1.82, 2.24) is 15.6 Å². The normalized spacial score (nSPS) is 13.6. The van der Waals surface area contributed by atoms with E-state index < -0.39 is 11.8 Å². The molecule has 8 nitrogen and oxygen atoms in total. The first-order valence-electron chi connectivity index (χ1n) is 10.8. The van der Waals surface area contributed by atoms with E-state index in [0.29, 0.717) is 25.4 Å². The van der Waals surface area contributed by atoms with Crippen LogP contribution in [0.1, 0.15) is 30.4 Å². The first-order valence-corrected chi connectivity index (χ1v) is 10.8. The van der Waals surface area contributed by atoms with Crippen molar-refractivity contribution in [3.05, 3.63) is 65.7 Å². The highest BCUT2D eigenvalue weighted by molar-refractivity contribution is 6.35. The third-order valence-corrected chi connectivity index (χ3v) is 5.05. The molecule has 1 aliphatic heterocycles. The highest BCUT2D eigenvalue weighted by Gasteiger charge is 2.22. The molecule has 168 valence electrons. The van der Waals surface area contributed by atoms with Crippen LogP contribution in [0.3, 0.4) is 0 Å². The number of likely N-dealkylation sites (tertiary alicyclic amines) is 1. The van der Waals surface area contributed by atoms with Gasteiger partial charge in [0.15, 0.2) is 6.61 Å². The largest absolute Gasteiger partial charge is 0.484 e. The Kier molecular flexibility index (Phi) is 8.80. The maximum Gasteiger partial charge on any atom is 0.329 e. The van der Waals surface area contributed by atoms with Crippen molar-refractivity contribution in [2.24, 2.45) is 5.10 Å². The minimum atomic E-state index is -0.735. The van der Waals surface area contributed by atoms with E-state index in [1.807, 2.05) is 30.3 Å². The molecule has 3 rings (SSSR count). The van der Waals surface area contributed by atoms with E-state index in [1.165, 1.54) is 6.21 Å². The quantitative estimate of drug-likeness (QED) is 0.375. The zero-order valence-electron chi connectivity index (χ0n) is 18.0. The molecule has 0 unspecified atom stereocenters. The Morgan fingerprint density at radius 2 is 1.69 bits per heavy atom. The van der Waals surface area contributed by atoms with E-state index >= 15 is 0 Å². The molecular weight excluding hydrogens is 408 g/mol. The van der Waals surface area contributed by atoms with Gasteiger partial charge in [0.05, 0.1) is 6.21 Å². The molecule has 8 heteroatoms. The maximum atomic E-state index is 12.0. The summed E-state index contributed by atoms with van der Waals surface area (Å²) in [5.74, 6) is -0.925. The molecule has 1 saturated heterocycles. The van der Waals surface area contributed by atoms with Gasteiger partial charge in [-0.2, -0.15) is 5.10 Å². The number of hydrazone groups is 1. The van der Waals surface area contributed by atoms with Gasteiger partial charge >= 0.3 is 11.8 Å². The molecule has 0 atom stereocenters. The number of hydrogen-bond acceptors (Lipinski definition) is 5. The fourth-order valence-electron chi connectivity index (χ4n) is 3.29. The predicted octanol–water partition coefficient (Wildman–Crippen LogP) is 1.89. The highest BCUT2D eigenvalue weighted by atomic mass is 16.5. The smallest absolute Gasteiger partial charge is 0.329 e. The third kappa shape index (κ3) is 7.54. The van der Waals surface area contributed by atoms with Gasteiger partial charge < -0.3 is 15.0 Å². The summed E-state index contributed by atoms with van der Waals surface area (Å²) in [5, 5.41) is 6.67. The number of amides is 3. The summed E-state index contributed by atoms with van der Waals surface area (Å²) in [7, 11) is 0. The zero-order chi connectivity index (χ0) is 22.6. The number of benzene rings is 2. The Morgan fingerprint density at radius 3 is 2.41 bits per heavy atom. The molecule has 32 heavy (non-hydrogen) atoms. The number of nitrogens with one attached hydrogen (secondary N) is 2. The summed E-state index contributed by atoms with van der Waals surface area (Å²) in [6.07, 6.45) is 5.14. The fourth-order valence-corrected chi connectivity index (χ4v) is 3.29. The average Bonchev–Trinajstić information content (AvgIpc) is 2.84. The van der Waals surface area contributed by atoms with E-state index in [1.54, 1.807) is 29.2 Å². The summed E-state index contributed by atoms with van der Waals surface area (Å²) in [4.78, 5) is 37.4. The van der Waals surface area contributed by atoms with Crippen LogP contribution in [0, 0.1) is 0 Å². The highest BCUT2D eigenvalue weighted by Crippen LogP contribution is 2.11. The van der Waals surface area contributed by atoms with Gasteiger partial charge in [0.1, 0.15) is 5.75 Å². The SMILES string of the molecule is O=C(COc1ccc(/C=N\NC(=O)C(=O)N2CCCCC2)cc1)NCCc1ccccc1. The number of carbonyl (C=O) groups is 3. The standard InChI is InChI=1S/C24H28N4O4/c29-22(25-14-13-19-7-3-1-4-8-19)18-32-21-11-9-20(10-12-21)17-26-27-23(30)24(31)28-15-5-2-6-16-28/h1,3-4,7-12,17H,2,5-6,13-16,18H2,(H,25,29)(H,27,30)/b26-17-. The molecule has 1 heterocycles. The second kappa shape index (κ2) is 12.2. The van der Waals surface area contributed by atoms with Crippen LogP contribution in [0.2, 0.25) is 0 Å². The van der Waals surface area contributed by atoms with E-state index in [0.717, 1.165) is 36.8 Å². The second-order valence-corrected chi connectivity index (χ2v) is 7.50. The minimum Gasteiger partial charge on any atom is -0.484 e. The summed E-state index contributed by atoms with van der Waals surface area (Å²) < 4.78 is 5.49. The second-order valence-electron chi connectivity index (χ2n) is 7.50. The van der Waals surface area contributed by atoms with Gasteiger partial charge in [-0.1, -0.05) is 30.3 Å². The lowest BCUT2D eigenvalue weighted by molar-refractivity contribution is -0.146. The Balaban J connectivity index is 1.35. The summed E-state index contributed by atoms with van der Waals surface area (Å²) in [5.41, 5.74) is 4.15. The number of nitrogens with zero attached hydrogens (tertiary/aromatic N) is 2. The first-order chi connectivity index (χ1) is 15.6. The molecular formula is C24H28N4O4. The van der Waals surface area contributed by atoms with Gasteiger partial charge in [0, 0.05) is 19.6 Å². The van der Waals surface area contributed by atoms with Crippen LogP contribution in [-0.2, 0) is 20.8 Å². The molecule has 3 amide bonds. The first kappa shape index (κ1) is 23.0. The lowest BCUT2D eigenvalue weighted by Gasteiger charge is -2.25. The molecule has 2 aromatic rings. The van der Waals surface area contributed by atoms with Gasteiger partial charge in [-0.25, -0.2) is 5.43 Å². The van der Waals surface area contributed by atoms with Crippen LogP contribution in [0.25, 0.3) is 0 Å². The summed E-state index contributed by atoms with van der Waals surface area (Å²) in [6, 6.07) is 16.8. The van der Waals surface area contributed by atoms with Gasteiger partial charge in [-0.15, -0.1) is 0 Å². The van der Waals surface area contributed by atoms with Crippen LogP contribution >= 0.6 is 0 Å². The molecule has 1 fully saturated rings. The Hall–Kier alpha value is -3.68. The molecule has 0 saturated carbocycles. The van der Waals surface area contributed by atoms with Gasteiger partial charge in [0.2, 0.25) is 0 Å². The number of hydrogen-bond donors (Lipinski definition) is 2. The van der Waals surface area contributed by atoms with Gasteiger partial charge in [0.25, 0.3) is 5.91 Å². The Morgan fingerprint density at radius 1 is 0.969 bits per heavy atom. The minimum absolute atomic E-state index is 0.0725. The van der Waals surface area contributed by atoms with E-state index in [-0.39, 0.29) is 12.5 Å². The van der Waals surface area contributed by atoms with Crippen LogP contribution in [-0.4, -0.2) is 55.1 Å². The van der Waals surface area contributed by atoms with Crippen LogP contribution in [0.5, 0.6) is 5.75 Å². The fraction of sp³-hybridized carbons (Fsp3) is 0.333. The van der Waals surface area contributed by atoms with Crippen molar-refractivity contribution >= 4 is 23.9 Å². The lowest BCUT2D eigenvalue weighted by atomic mass is 10.1. The van der Waals surface area contributed by atoms with Crippen molar-refractivity contribution in [2.45, 2.75) is 25.7 Å². The van der Waals surface area contributed by atoms with E-state index in [4.69, 9.17) is 4.74 Å². The van der Waals surface area contributed by atoms with Crippen molar-refractivity contribution < 1.29 is 19.1 Å². The number of piperidine rings is 1. The molecule has 2 N–H and O–H groups in total. The molecule has 1 aliphatic rings.